The lowest BCUT2D eigenvalue weighted by molar-refractivity contribution is 0.357. The van der Waals surface area contributed by atoms with Crippen molar-refractivity contribution in [3.05, 3.63) is 118 Å². The van der Waals surface area contributed by atoms with Gasteiger partial charge in [0.1, 0.15) is 22.4 Å². The summed E-state index contributed by atoms with van der Waals surface area (Å²) < 4.78 is 49.6. The summed E-state index contributed by atoms with van der Waals surface area (Å²) in [6.45, 7) is -0.217. The molecule has 3 aromatic rings. The average Bonchev–Trinajstić information content (AvgIpc) is 2.82. The van der Waals surface area contributed by atoms with Crippen LogP contribution in [0.1, 0.15) is 22.6 Å². The second-order valence-electron chi connectivity index (χ2n) is 7.65. The van der Waals surface area contributed by atoms with Gasteiger partial charge in [-0.25, -0.2) is 12.8 Å². The van der Waals surface area contributed by atoms with Gasteiger partial charge in [0.15, 0.2) is 5.76 Å². The molecule has 0 spiro atoms. The van der Waals surface area contributed by atoms with Crippen molar-refractivity contribution in [2.45, 2.75) is 12.5 Å². The lowest BCUT2D eigenvalue weighted by atomic mass is 9.88. The van der Waals surface area contributed by atoms with Crippen LogP contribution in [0.3, 0.4) is 0 Å². The standard InChI is InChI=1S/C25H18FN3O3S/c26-20-12-6-4-10-17(20)15-29-21-13-7-5-11-18(21)23-24(33(29,30)31)22(16-8-2-1-3-9-16)19(14-27)25(28)32-23/h1-13,22H,15,28H2/t22-/m0/s1. The van der Waals surface area contributed by atoms with E-state index in [0.717, 1.165) is 4.31 Å². The Hall–Kier alpha value is -4.09. The third-order valence-corrected chi connectivity index (χ3v) is 7.65. The van der Waals surface area contributed by atoms with Crippen LogP contribution >= 0.6 is 0 Å². The van der Waals surface area contributed by atoms with Crippen LogP contribution in [0, 0.1) is 17.1 Å². The number of anilines is 1. The zero-order valence-electron chi connectivity index (χ0n) is 17.3. The quantitative estimate of drug-likeness (QED) is 0.628. The van der Waals surface area contributed by atoms with Crippen LogP contribution in [0.2, 0.25) is 0 Å². The summed E-state index contributed by atoms with van der Waals surface area (Å²) in [6.07, 6.45) is 0. The van der Waals surface area contributed by atoms with Gasteiger partial charge in [-0.3, -0.25) is 4.31 Å². The molecule has 3 aromatic carbocycles. The van der Waals surface area contributed by atoms with Crippen LogP contribution in [-0.4, -0.2) is 8.42 Å². The molecule has 0 radical (unpaired) electrons. The summed E-state index contributed by atoms with van der Waals surface area (Å²) in [5.41, 5.74) is 7.76. The zero-order chi connectivity index (χ0) is 23.2. The number of para-hydroxylation sites is 1. The third kappa shape index (κ3) is 3.25. The number of fused-ring (bicyclic) bond motifs is 2. The Morgan fingerprint density at radius 1 is 1.00 bits per heavy atom. The second-order valence-corrected chi connectivity index (χ2v) is 9.48. The molecule has 0 saturated heterocycles. The van der Waals surface area contributed by atoms with Crippen molar-refractivity contribution in [2.75, 3.05) is 4.31 Å². The van der Waals surface area contributed by atoms with Gasteiger partial charge in [-0.1, -0.05) is 60.7 Å². The van der Waals surface area contributed by atoms with Crippen molar-refractivity contribution in [3.8, 4) is 6.07 Å². The van der Waals surface area contributed by atoms with Gasteiger partial charge in [-0.05, 0) is 23.8 Å². The maximum Gasteiger partial charge on any atom is 0.265 e. The normalized spacial score (nSPS) is 18.8. The van der Waals surface area contributed by atoms with E-state index in [2.05, 4.69) is 0 Å². The Kier molecular flexibility index (Phi) is 4.91. The topological polar surface area (TPSA) is 96.4 Å². The highest BCUT2D eigenvalue weighted by atomic mass is 32.2. The van der Waals surface area contributed by atoms with Crippen LogP contribution in [0.5, 0.6) is 0 Å². The van der Waals surface area contributed by atoms with Crippen molar-refractivity contribution < 1.29 is 17.5 Å². The molecule has 2 heterocycles. The first-order valence-corrected chi connectivity index (χ1v) is 11.6. The largest absolute Gasteiger partial charge is 0.439 e. The van der Waals surface area contributed by atoms with Crippen molar-refractivity contribution in [2.24, 2.45) is 5.73 Å². The zero-order valence-corrected chi connectivity index (χ0v) is 18.1. The van der Waals surface area contributed by atoms with Gasteiger partial charge < -0.3 is 10.5 Å². The van der Waals surface area contributed by atoms with E-state index < -0.39 is 21.8 Å². The lowest BCUT2D eigenvalue weighted by Gasteiger charge is -2.38. The van der Waals surface area contributed by atoms with E-state index in [1.54, 1.807) is 72.8 Å². The first kappa shape index (κ1) is 20.8. The fraction of sp³-hybridized carbons (Fsp3) is 0.0800. The Balaban J connectivity index is 1.77. The van der Waals surface area contributed by atoms with Crippen molar-refractivity contribution in [3.63, 3.8) is 0 Å². The van der Waals surface area contributed by atoms with E-state index in [4.69, 9.17) is 10.5 Å². The van der Waals surface area contributed by atoms with E-state index >= 15 is 0 Å². The molecule has 6 nitrogen and oxygen atoms in total. The maximum atomic E-state index is 14.5. The van der Waals surface area contributed by atoms with Gasteiger partial charge in [-0.15, -0.1) is 0 Å². The fourth-order valence-electron chi connectivity index (χ4n) is 4.24. The molecule has 164 valence electrons. The van der Waals surface area contributed by atoms with Gasteiger partial charge >= 0.3 is 0 Å². The van der Waals surface area contributed by atoms with Gasteiger partial charge in [0, 0.05) is 11.1 Å². The molecule has 0 amide bonds. The summed E-state index contributed by atoms with van der Waals surface area (Å²) in [4.78, 5) is -0.0884. The van der Waals surface area contributed by atoms with Crippen LogP contribution in [0.15, 0.2) is 95.2 Å². The van der Waals surface area contributed by atoms with Crippen molar-refractivity contribution in [1.29, 1.82) is 5.26 Å². The predicted molar refractivity (Wildman–Crippen MR) is 122 cm³/mol. The van der Waals surface area contributed by atoms with E-state index in [1.807, 2.05) is 6.07 Å². The van der Waals surface area contributed by atoms with Crippen molar-refractivity contribution >= 4 is 21.5 Å². The highest BCUT2D eigenvalue weighted by Gasteiger charge is 2.47. The van der Waals surface area contributed by atoms with Crippen molar-refractivity contribution in [1.82, 2.24) is 0 Å². The van der Waals surface area contributed by atoms with E-state index in [1.165, 1.54) is 6.07 Å². The summed E-state index contributed by atoms with van der Waals surface area (Å²) >= 11 is 0. The van der Waals surface area contributed by atoms with Gasteiger partial charge in [0.2, 0.25) is 5.88 Å². The van der Waals surface area contributed by atoms with E-state index in [0.29, 0.717) is 16.8 Å². The van der Waals surface area contributed by atoms with E-state index in [-0.39, 0.29) is 34.2 Å². The molecule has 8 heteroatoms. The van der Waals surface area contributed by atoms with Gasteiger partial charge in [-0.2, -0.15) is 5.26 Å². The molecule has 0 unspecified atom stereocenters. The fourth-order valence-corrected chi connectivity index (χ4v) is 6.14. The number of halogens is 1. The highest BCUT2D eigenvalue weighted by molar-refractivity contribution is 7.96. The molecule has 0 bridgehead atoms. The molecule has 0 fully saturated rings. The maximum absolute atomic E-state index is 14.5. The number of nitrogens with two attached hydrogens (primary N) is 1. The molecule has 2 N–H and O–H groups in total. The molecular formula is C25H18FN3O3S. The molecule has 0 aromatic heterocycles. The molecular weight excluding hydrogens is 441 g/mol. The Labute approximate surface area is 190 Å². The number of allylic oxidation sites excluding steroid dienone is 2. The minimum Gasteiger partial charge on any atom is -0.439 e. The second kappa shape index (κ2) is 7.80. The first-order valence-electron chi connectivity index (χ1n) is 10.2. The van der Waals surface area contributed by atoms with Crippen LogP contribution in [-0.2, 0) is 21.3 Å². The van der Waals surface area contributed by atoms with E-state index in [9.17, 15) is 18.1 Å². The Bertz CT molecular complexity index is 1470. The van der Waals surface area contributed by atoms with Crippen LogP contribution in [0.25, 0.3) is 5.76 Å². The summed E-state index contributed by atoms with van der Waals surface area (Å²) in [7, 11) is -4.24. The lowest BCUT2D eigenvalue weighted by Crippen LogP contribution is -2.39. The van der Waals surface area contributed by atoms with Gasteiger partial charge in [0.25, 0.3) is 10.0 Å². The number of sulfonamides is 1. The van der Waals surface area contributed by atoms with Crippen LogP contribution < -0.4 is 10.0 Å². The highest BCUT2D eigenvalue weighted by Crippen LogP contribution is 2.51. The molecule has 0 aliphatic carbocycles. The summed E-state index contributed by atoms with van der Waals surface area (Å²) in [5.74, 6) is -1.52. The molecule has 1 atom stereocenters. The predicted octanol–water partition coefficient (Wildman–Crippen LogP) is 4.35. The molecule has 0 saturated carbocycles. The smallest absolute Gasteiger partial charge is 0.265 e. The number of ether oxygens (including phenoxy) is 1. The number of nitriles is 1. The number of hydrogen-bond acceptors (Lipinski definition) is 5. The summed E-state index contributed by atoms with van der Waals surface area (Å²) in [5, 5.41) is 9.84. The number of benzene rings is 3. The average molecular weight is 460 g/mol. The number of nitrogens with zero attached hydrogens (tertiary/aromatic N) is 2. The molecule has 2 aliphatic rings. The molecule has 33 heavy (non-hydrogen) atoms. The Morgan fingerprint density at radius 2 is 1.67 bits per heavy atom. The number of rotatable bonds is 3. The molecule has 5 rings (SSSR count). The minimum atomic E-state index is -4.24. The van der Waals surface area contributed by atoms with Crippen LogP contribution in [0.4, 0.5) is 10.1 Å². The third-order valence-electron chi connectivity index (χ3n) is 5.76. The monoisotopic (exact) mass is 459 g/mol. The first-order chi connectivity index (χ1) is 15.9. The summed E-state index contributed by atoms with van der Waals surface area (Å²) in [6, 6.07) is 23.7. The minimum absolute atomic E-state index is 0.00810. The molecule has 2 aliphatic heterocycles. The number of hydrogen-bond donors (Lipinski definition) is 1. The Morgan fingerprint density at radius 3 is 2.39 bits per heavy atom. The SMILES string of the molecule is N#CC1=C(N)OC2=C([C@H]1c1ccccc1)S(=O)(=O)N(Cc1ccccc1F)c1ccccc12. The van der Waals surface area contributed by atoms with Gasteiger partial charge in [0.05, 0.1) is 18.2 Å².